The Kier molecular flexibility index (Phi) is 2.63. The molecule has 0 unspecified atom stereocenters. The van der Waals surface area contributed by atoms with Gasteiger partial charge in [0.15, 0.2) is 0 Å². The number of hydrogen-bond acceptors (Lipinski definition) is 3. The van der Waals surface area contributed by atoms with Gasteiger partial charge in [0, 0.05) is 9.86 Å². The van der Waals surface area contributed by atoms with Gasteiger partial charge in [0.2, 0.25) is 6.29 Å². The third-order valence-electron chi connectivity index (χ3n) is 2.56. The van der Waals surface area contributed by atoms with E-state index < -0.39 is 0 Å². The van der Waals surface area contributed by atoms with Crippen molar-refractivity contribution in [3.63, 3.8) is 0 Å². The number of halogens is 1. The van der Waals surface area contributed by atoms with Gasteiger partial charge in [-0.2, -0.15) is 0 Å². The molecule has 0 amide bonds. The van der Waals surface area contributed by atoms with Gasteiger partial charge in [-0.15, -0.1) is 0 Å². The van der Waals surface area contributed by atoms with Crippen molar-refractivity contribution in [1.29, 1.82) is 0 Å². The molecule has 16 heavy (non-hydrogen) atoms. The van der Waals surface area contributed by atoms with Gasteiger partial charge < -0.3 is 9.47 Å². The van der Waals surface area contributed by atoms with Crippen LogP contribution in [0.5, 0.6) is 0 Å². The summed E-state index contributed by atoms with van der Waals surface area (Å²) < 4.78 is 11.8. The Morgan fingerprint density at radius 2 is 1.94 bits per heavy atom. The van der Waals surface area contributed by atoms with Crippen LogP contribution in [0.2, 0.25) is 0 Å². The number of para-hydroxylation sites is 1. The number of ether oxygens (including phenoxy) is 2. The van der Waals surface area contributed by atoms with Crippen LogP contribution in [0.3, 0.4) is 0 Å². The van der Waals surface area contributed by atoms with Crippen LogP contribution < -0.4 is 0 Å². The zero-order valence-corrected chi connectivity index (χ0v) is 10.1. The standard InChI is InChI=1S/C12H10BrNO2/c13-9-3-1-2-8-4-5-10(14-11(8)9)12-15-6-7-16-12/h1-5,12H,6-7H2. The third-order valence-corrected chi connectivity index (χ3v) is 3.20. The van der Waals surface area contributed by atoms with Crippen molar-refractivity contribution in [1.82, 2.24) is 4.98 Å². The van der Waals surface area contributed by atoms with E-state index in [1.807, 2.05) is 30.3 Å². The number of hydrogen-bond donors (Lipinski definition) is 0. The van der Waals surface area contributed by atoms with E-state index in [1.54, 1.807) is 0 Å². The van der Waals surface area contributed by atoms with Crippen LogP contribution in [0.15, 0.2) is 34.8 Å². The molecule has 4 heteroatoms. The monoisotopic (exact) mass is 279 g/mol. The highest BCUT2D eigenvalue weighted by Gasteiger charge is 2.19. The van der Waals surface area contributed by atoms with Gasteiger partial charge in [-0.25, -0.2) is 4.98 Å². The molecule has 0 saturated carbocycles. The van der Waals surface area contributed by atoms with Crippen molar-refractivity contribution in [2.75, 3.05) is 13.2 Å². The van der Waals surface area contributed by atoms with Gasteiger partial charge in [-0.05, 0) is 28.1 Å². The van der Waals surface area contributed by atoms with E-state index in [0.29, 0.717) is 13.2 Å². The van der Waals surface area contributed by atoms with Crippen molar-refractivity contribution in [2.24, 2.45) is 0 Å². The third kappa shape index (κ3) is 1.73. The molecule has 0 atom stereocenters. The zero-order chi connectivity index (χ0) is 11.0. The van der Waals surface area contributed by atoms with E-state index in [2.05, 4.69) is 20.9 Å². The number of fused-ring (bicyclic) bond motifs is 1. The first-order valence-corrected chi connectivity index (χ1v) is 5.92. The number of rotatable bonds is 1. The van der Waals surface area contributed by atoms with Gasteiger partial charge in [0.25, 0.3) is 0 Å². The molecule has 1 aliphatic heterocycles. The van der Waals surface area contributed by atoms with Crippen LogP contribution in [-0.2, 0) is 9.47 Å². The van der Waals surface area contributed by atoms with E-state index >= 15 is 0 Å². The predicted molar refractivity (Wildman–Crippen MR) is 64.1 cm³/mol. The Bertz CT molecular complexity index is 523. The zero-order valence-electron chi connectivity index (χ0n) is 8.52. The van der Waals surface area contributed by atoms with Gasteiger partial charge in [-0.1, -0.05) is 18.2 Å². The van der Waals surface area contributed by atoms with Gasteiger partial charge in [0.1, 0.15) is 0 Å². The van der Waals surface area contributed by atoms with E-state index in [9.17, 15) is 0 Å². The minimum absolute atomic E-state index is 0.309. The van der Waals surface area contributed by atoms with E-state index in [1.165, 1.54) is 0 Å². The fourth-order valence-corrected chi connectivity index (χ4v) is 2.26. The van der Waals surface area contributed by atoms with Crippen LogP contribution in [0, 0.1) is 0 Å². The fourth-order valence-electron chi connectivity index (χ4n) is 1.79. The van der Waals surface area contributed by atoms with Crippen molar-refractivity contribution >= 4 is 26.8 Å². The number of aromatic nitrogens is 1. The fraction of sp³-hybridized carbons (Fsp3) is 0.250. The molecule has 0 spiro atoms. The van der Waals surface area contributed by atoms with E-state index in [4.69, 9.17) is 9.47 Å². The van der Waals surface area contributed by atoms with Crippen LogP contribution >= 0.6 is 15.9 Å². The van der Waals surface area contributed by atoms with Crippen molar-refractivity contribution in [3.05, 3.63) is 40.5 Å². The molecule has 0 aliphatic carbocycles. The minimum atomic E-state index is -0.309. The number of nitrogens with zero attached hydrogens (tertiary/aromatic N) is 1. The summed E-state index contributed by atoms with van der Waals surface area (Å²) in [6.45, 7) is 1.28. The molecule has 3 nitrogen and oxygen atoms in total. The molecule has 1 aromatic carbocycles. The lowest BCUT2D eigenvalue weighted by atomic mass is 10.2. The smallest absolute Gasteiger partial charge is 0.201 e. The summed E-state index contributed by atoms with van der Waals surface area (Å²) in [5.41, 5.74) is 1.77. The molecule has 1 fully saturated rings. The van der Waals surface area contributed by atoms with Gasteiger partial charge in [-0.3, -0.25) is 0 Å². The van der Waals surface area contributed by atoms with E-state index in [0.717, 1.165) is 21.1 Å². The Morgan fingerprint density at radius 1 is 1.12 bits per heavy atom. The summed E-state index contributed by atoms with van der Waals surface area (Å²) in [7, 11) is 0. The molecule has 2 aromatic rings. The highest BCUT2D eigenvalue weighted by atomic mass is 79.9. The predicted octanol–water partition coefficient (Wildman–Crippen LogP) is 3.04. The van der Waals surface area contributed by atoms with Crippen molar-refractivity contribution in [3.8, 4) is 0 Å². The summed E-state index contributed by atoms with van der Waals surface area (Å²) in [6, 6.07) is 10.00. The minimum Gasteiger partial charge on any atom is -0.345 e. The molecule has 0 radical (unpaired) electrons. The first-order valence-electron chi connectivity index (χ1n) is 5.13. The Hall–Kier alpha value is -0.970. The summed E-state index contributed by atoms with van der Waals surface area (Å²) in [5, 5.41) is 1.11. The second-order valence-electron chi connectivity index (χ2n) is 3.62. The normalized spacial score (nSPS) is 17.1. The number of pyridine rings is 1. The van der Waals surface area contributed by atoms with Crippen molar-refractivity contribution < 1.29 is 9.47 Å². The molecule has 0 bridgehead atoms. The quantitative estimate of drug-likeness (QED) is 0.804. The maximum absolute atomic E-state index is 5.43. The summed E-state index contributed by atoms with van der Waals surface area (Å²) in [5.74, 6) is 0. The highest BCUT2D eigenvalue weighted by molar-refractivity contribution is 9.10. The maximum Gasteiger partial charge on any atom is 0.201 e. The lowest BCUT2D eigenvalue weighted by Gasteiger charge is -2.09. The average Bonchev–Trinajstić information content (AvgIpc) is 2.83. The average molecular weight is 280 g/mol. The molecular weight excluding hydrogens is 270 g/mol. The number of benzene rings is 1. The van der Waals surface area contributed by atoms with Crippen molar-refractivity contribution in [2.45, 2.75) is 6.29 Å². The molecule has 1 saturated heterocycles. The second kappa shape index (κ2) is 4.13. The first kappa shape index (κ1) is 10.2. The molecular formula is C12H10BrNO2. The van der Waals surface area contributed by atoms with Crippen LogP contribution in [0.25, 0.3) is 10.9 Å². The summed E-state index contributed by atoms with van der Waals surface area (Å²) >= 11 is 3.50. The van der Waals surface area contributed by atoms with Crippen LogP contribution in [0.1, 0.15) is 12.0 Å². The van der Waals surface area contributed by atoms with Crippen LogP contribution in [0.4, 0.5) is 0 Å². The second-order valence-corrected chi connectivity index (χ2v) is 4.48. The molecule has 1 aliphatic rings. The largest absolute Gasteiger partial charge is 0.345 e. The summed E-state index contributed by atoms with van der Waals surface area (Å²) in [6.07, 6.45) is -0.309. The molecule has 0 N–H and O–H groups in total. The first-order chi connectivity index (χ1) is 7.84. The Morgan fingerprint density at radius 3 is 2.75 bits per heavy atom. The van der Waals surface area contributed by atoms with Crippen LogP contribution in [-0.4, -0.2) is 18.2 Å². The Balaban J connectivity index is 2.10. The molecule has 2 heterocycles. The Labute approximate surface area is 102 Å². The summed E-state index contributed by atoms with van der Waals surface area (Å²) in [4.78, 5) is 4.56. The molecule has 82 valence electrons. The topological polar surface area (TPSA) is 31.4 Å². The maximum atomic E-state index is 5.43. The van der Waals surface area contributed by atoms with Gasteiger partial charge >= 0.3 is 0 Å². The SMILES string of the molecule is Brc1cccc2ccc(C3OCCO3)nc12. The highest BCUT2D eigenvalue weighted by Crippen LogP contribution is 2.27. The molecule has 3 rings (SSSR count). The lowest BCUT2D eigenvalue weighted by Crippen LogP contribution is -2.01. The molecule has 1 aromatic heterocycles. The lowest BCUT2D eigenvalue weighted by molar-refractivity contribution is -0.0470. The van der Waals surface area contributed by atoms with Gasteiger partial charge in [0.05, 0.1) is 24.4 Å². The van der Waals surface area contributed by atoms with E-state index in [-0.39, 0.29) is 6.29 Å².